The third kappa shape index (κ3) is 3.41. The molecule has 1 aliphatic heterocycles. The first-order chi connectivity index (χ1) is 8.15. The number of nitrogens with one attached hydrogen (secondary N) is 1. The molecule has 1 heterocycles. The zero-order valence-corrected chi connectivity index (χ0v) is 11.2. The second-order valence-electron chi connectivity index (χ2n) is 4.91. The highest BCUT2D eigenvalue weighted by Crippen LogP contribution is 2.21. The lowest BCUT2D eigenvalue weighted by molar-refractivity contribution is -0.131. The van der Waals surface area contributed by atoms with E-state index in [0.717, 1.165) is 19.3 Å². The molecule has 0 spiro atoms. The molecule has 0 saturated carbocycles. The maximum absolute atomic E-state index is 12.3. The van der Waals surface area contributed by atoms with Crippen molar-refractivity contribution in [1.29, 1.82) is 0 Å². The molecule has 0 bridgehead atoms. The number of carbonyl (C=O) groups excluding carboxylic acids is 1. The van der Waals surface area contributed by atoms with Crippen molar-refractivity contribution in [2.75, 3.05) is 13.2 Å². The predicted octanol–water partition coefficient (Wildman–Crippen LogP) is 2.32. The third-order valence-corrected chi connectivity index (χ3v) is 3.61. The number of amides is 1. The molecule has 1 saturated heterocycles. The second-order valence-corrected chi connectivity index (χ2v) is 4.91. The summed E-state index contributed by atoms with van der Waals surface area (Å²) in [5, 5.41) is 3.41. The maximum Gasteiger partial charge on any atom is 0.241 e. The molecular weight excluding hydrogens is 219 g/mol. The molecule has 3 unspecified atom stereocenters. The molecule has 1 aliphatic rings. The summed E-state index contributed by atoms with van der Waals surface area (Å²) in [7, 11) is 0. The fourth-order valence-corrected chi connectivity index (χ4v) is 2.35. The molecule has 0 aromatic carbocycles. The molecule has 0 aromatic rings. The Morgan fingerprint density at radius 2 is 2.18 bits per heavy atom. The van der Waals surface area contributed by atoms with Gasteiger partial charge in [0.15, 0.2) is 0 Å². The molecular formula is C13H25FN2O. The lowest BCUT2D eigenvalue weighted by atomic mass is 9.99. The van der Waals surface area contributed by atoms with Gasteiger partial charge < -0.3 is 4.90 Å². The molecule has 17 heavy (non-hydrogen) atoms. The Hall–Kier alpha value is -0.640. The van der Waals surface area contributed by atoms with Gasteiger partial charge in [0.05, 0.1) is 18.9 Å². The summed E-state index contributed by atoms with van der Waals surface area (Å²) in [6, 6.07) is -0.0730. The van der Waals surface area contributed by atoms with Gasteiger partial charge in [-0.25, -0.2) is 0 Å². The highest BCUT2D eigenvalue weighted by Gasteiger charge is 2.39. The van der Waals surface area contributed by atoms with Crippen LogP contribution in [0.2, 0.25) is 0 Å². The van der Waals surface area contributed by atoms with Crippen molar-refractivity contribution in [2.24, 2.45) is 5.92 Å². The van der Waals surface area contributed by atoms with E-state index in [1.807, 2.05) is 4.90 Å². The minimum Gasteiger partial charge on any atom is -0.326 e. The summed E-state index contributed by atoms with van der Waals surface area (Å²) in [6.07, 6.45) is 3.52. The normalized spacial score (nSPS) is 26.6. The summed E-state index contributed by atoms with van der Waals surface area (Å²) in [5.41, 5.74) is 0. The van der Waals surface area contributed by atoms with Crippen LogP contribution in [0.4, 0.5) is 4.39 Å². The van der Waals surface area contributed by atoms with E-state index in [1.54, 1.807) is 0 Å². The van der Waals surface area contributed by atoms with Crippen LogP contribution in [0, 0.1) is 5.92 Å². The molecule has 100 valence electrons. The standard InChI is InChI=1S/C13H25FN2O/c1-4-7-11-15-12(10(3)5-2)13(17)16(11)9-6-8-14/h10-12,15H,4-9H2,1-3H3. The zero-order valence-electron chi connectivity index (χ0n) is 11.2. The largest absolute Gasteiger partial charge is 0.326 e. The molecule has 1 amide bonds. The van der Waals surface area contributed by atoms with Gasteiger partial charge in [-0.3, -0.25) is 14.5 Å². The Labute approximate surface area is 104 Å². The number of halogens is 1. The van der Waals surface area contributed by atoms with Gasteiger partial charge in [0.25, 0.3) is 0 Å². The predicted molar refractivity (Wildman–Crippen MR) is 67.4 cm³/mol. The van der Waals surface area contributed by atoms with E-state index >= 15 is 0 Å². The summed E-state index contributed by atoms with van der Waals surface area (Å²) >= 11 is 0. The van der Waals surface area contributed by atoms with Gasteiger partial charge in [-0.2, -0.15) is 0 Å². The molecule has 0 aliphatic carbocycles. The molecule has 1 fully saturated rings. The summed E-state index contributed by atoms with van der Waals surface area (Å²) in [5.74, 6) is 0.503. The molecule has 3 atom stereocenters. The van der Waals surface area contributed by atoms with E-state index in [2.05, 4.69) is 26.1 Å². The molecule has 1 rings (SSSR count). The van der Waals surface area contributed by atoms with Gasteiger partial charge in [-0.1, -0.05) is 33.6 Å². The van der Waals surface area contributed by atoms with Crippen LogP contribution in [0.15, 0.2) is 0 Å². The van der Waals surface area contributed by atoms with Crippen molar-refractivity contribution in [3.8, 4) is 0 Å². The number of nitrogens with zero attached hydrogens (tertiary/aromatic N) is 1. The van der Waals surface area contributed by atoms with E-state index in [4.69, 9.17) is 0 Å². The fourth-order valence-electron chi connectivity index (χ4n) is 2.35. The number of hydrogen-bond acceptors (Lipinski definition) is 2. The average molecular weight is 244 g/mol. The highest BCUT2D eigenvalue weighted by atomic mass is 19.1. The first kappa shape index (κ1) is 14.4. The second kappa shape index (κ2) is 6.94. The van der Waals surface area contributed by atoms with E-state index in [-0.39, 0.29) is 24.8 Å². The van der Waals surface area contributed by atoms with Crippen LogP contribution in [-0.4, -0.2) is 36.2 Å². The molecule has 0 aromatic heterocycles. The van der Waals surface area contributed by atoms with Gasteiger partial charge in [0.1, 0.15) is 0 Å². The summed E-state index contributed by atoms with van der Waals surface area (Å²) < 4.78 is 12.3. The Kier molecular flexibility index (Phi) is 5.89. The Bertz CT molecular complexity index is 248. The van der Waals surface area contributed by atoms with Gasteiger partial charge in [0, 0.05) is 6.54 Å². The van der Waals surface area contributed by atoms with E-state index in [1.165, 1.54) is 0 Å². The summed E-state index contributed by atoms with van der Waals surface area (Å²) in [6.45, 7) is 6.49. The van der Waals surface area contributed by atoms with Gasteiger partial charge in [-0.15, -0.1) is 0 Å². The minimum atomic E-state index is -0.351. The van der Waals surface area contributed by atoms with Crippen LogP contribution in [0.1, 0.15) is 46.5 Å². The SMILES string of the molecule is CCCC1NC(C(C)CC)C(=O)N1CCCF. The highest BCUT2D eigenvalue weighted by molar-refractivity contribution is 5.84. The molecule has 0 radical (unpaired) electrons. The first-order valence-electron chi connectivity index (χ1n) is 6.78. The van der Waals surface area contributed by atoms with Crippen molar-refractivity contribution in [3.05, 3.63) is 0 Å². The van der Waals surface area contributed by atoms with Gasteiger partial charge >= 0.3 is 0 Å². The van der Waals surface area contributed by atoms with Crippen LogP contribution in [0.25, 0.3) is 0 Å². The van der Waals surface area contributed by atoms with Crippen LogP contribution in [0.5, 0.6) is 0 Å². The number of rotatable bonds is 7. The molecule has 4 heteroatoms. The van der Waals surface area contributed by atoms with E-state index in [0.29, 0.717) is 18.9 Å². The minimum absolute atomic E-state index is 0.0730. The lowest BCUT2D eigenvalue weighted by Gasteiger charge is -2.23. The van der Waals surface area contributed by atoms with Crippen molar-refractivity contribution in [2.45, 2.75) is 58.7 Å². The number of alkyl halides is 1. The van der Waals surface area contributed by atoms with Crippen molar-refractivity contribution >= 4 is 5.91 Å². The van der Waals surface area contributed by atoms with Crippen molar-refractivity contribution < 1.29 is 9.18 Å². The van der Waals surface area contributed by atoms with Crippen molar-refractivity contribution in [3.63, 3.8) is 0 Å². The third-order valence-electron chi connectivity index (χ3n) is 3.61. The zero-order chi connectivity index (χ0) is 12.8. The maximum atomic E-state index is 12.3. The Balaban J connectivity index is 2.67. The Morgan fingerprint density at radius 1 is 1.47 bits per heavy atom. The molecule has 3 nitrogen and oxygen atoms in total. The van der Waals surface area contributed by atoms with Crippen LogP contribution < -0.4 is 5.32 Å². The van der Waals surface area contributed by atoms with Crippen LogP contribution >= 0.6 is 0 Å². The lowest BCUT2D eigenvalue weighted by Crippen LogP contribution is -2.38. The first-order valence-corrected chi connectivity index (χ1v) is 6.78. The van der Waals surface area contributed by atoms with Crippen LogP contribution in [0.3, 0.4) is 0 Å². The quantitative estimate of drug-likeness (QED) is 0.745. The van der Waals surface area contributed by atoms with Gasteiger partial charge in [-0.05, 0) is 18.8 Å². The topological polar surface area (TPSA) is 32.3 Å². The van der Waals surface area contributed by atoms with Gasteiger partial charge in [0.2, 0.25) is 5.91 Å². The van der Waals surface area contributed by atoms with Crippen molar-refractivity contribution in [1.82, 2.24) is 10.2 Å². The average Bonchev–Trinajstić information content (AvgIpc) is 2.63. The van der Waals surface area contributed by atoms with E-state index in [9.17, 15) is 9.18 Å². The summed E-state index contributed by atoms with van der Waals surface area (Å²) in [4.78, 5) is 14.1. The smallest absolute Gasteiger partial charge is 0.241 e. The Morgan fingerprint density at radius 3 is 2.71 bits per heavy atom. The molecule has 1 N–H and O–H groups in total. The number of carbonyl (C=O) groups is 1. The fraction of sp³-hybridized carbons (Fsp3) is 0.923. The van der Waals surface area contributed by atoms with Crippen LogP contribution in [-0.2, 0) is 4.79 Å². The monoisotopic (exact) mass is 244 g/mol. The number of hydrogen-bond donors (Lipinski definition) is 1. The van der Waals surface area contributed by atoms with E-state index < -0.39 is 0 Å².